The lowest BCUT2D eigenvalue weighted by molar-refractivity contribution is -0.123. The van der Waals surface area contributed by atoms with Gasteiger partial charge in [-0.3, -0.25) is 9.59 Å². The fraction of sp³-hybridized carbons (Fsp3) is 0.250. The summed E-state index contributed by atoms with van der Waals surface area (Å²) in [5, 5.41) is 7.40. The number of ether oxygens (including phenoxy) is 1. The molecule has 3 N–H and O–H groups in total. The average molecular weight is 397 g/mol. The molecule has 1 saturated heterocycles. The summed E-state index contributed by atoms with van der Waals surface area (Å²) in [6.07, 6.45) is 4.34. The summed E-state index contributed by atoms with van der Waals surface area (Å²) in [5.74, 6) is -0.300. The number of nitrogens with one attached hydrogen (secondary N) is 3. The molecule has 4 heterocycles. The second-order valence-electron chi connectivity index (χ2n) is 7.06. The normalized spacial score (nSPS) is 17.8. The van der Waals surface area contributed by atoms with Gasteiger partial charge >= 0.3 is 0 Å². The molecule has 2 aliphatic rings. The third-order valence-electron chi connectivity index (χ3n) is 5.46. The molecule has 1 fully saturated rings. The number of aromatic nitrogens is 2. The summed E-state index contributed by atoms with van der Waals surface area (Å²) in [6, 6.07) is 6.94. The van der Waals surface area contributed by atoms with E-state index in [-0.39, 0.29) is 11.7 Å². The molecule has 2 aromatic heterocycles. The van der Waals surface area contributed by atoms with Gasteiger partial charge in [-0.15, -0.1) is 0 Å². The Bertz CT molecular complexity index is 1120. The van der Waals surface area contributed by atoms with Crippen molar-refractivity contribution in [1.29, 1.82) is 0 Å². The van der Waals surface area contributed by atoms with Crippen molar-refractivity contribution >= 4 is 45.7 Å². The van der Waals surface area contributed by atoms with Crippen molar-refractivity contribution in [1.82, 2.24) is 9.97 Å². The third kappa shape index (κ3) is 2.51. The second-order valence-corrected chi connectivity index (χ2v) is 7.46. The predicted molar refractivity (Wildman–Crippen MR) is 106 cm³/mol. The highest BCUT2D eigenvalue weighted by Gasteiger charge is 2.44. The molecule has 0 aliphatic carbocycles. The van der Waals surface area contributed by atoms with Crippen LogP contribution in [0.25, 0.3) is 11.0 Å². The van der Waals surface area contributed by atoms with E-state index in [9.17, 15) is 9.59 Å². The van der Waals surface area contributed by atoms with Gasteiger partial charge in [-0.05, 0) is 12.1 Å². The Kier molecular flexibility index (Phi) is 3.89. The molecule has 0 saturated carbocycles. The maximum absolute atomic E-state index is 13.2. The lowest BCUT2D eigenvalue weighted by Gasteiger charge is -2.41. The molecule has 8 heteroatoms. The number of aromatic amines is 1. The standard InChI is InChI=1S/C20H17ClN4O3/c21-13-4-2-1-3-11(13)17(26)12-9-22-18-15(12)16-14(10-23-18)24-19(27)20(25-16)5-7-28-8-6-20/h1-4,9-10,25H,5-8H2,(H,22,23)(H,24,27). The molecule has 1 spiro atoms. The van der Waals surface area contributed by atoms with Crippen LogP contribution in [-0.4, -0.2) is 40.4 Å². The Morgan fingerprint density at radius 2 is 1.96 bits per heavy atom. The van der Waals surface area contributed by atoms with E-state index in [1.54, 1.807) is 36.7 Å². The number of rotatable bonds is 2. The first-order chi connectivity index (χ1) is 13.6. The Morgan fingerprint density at radius 1 is 1.18 bits per heavy atom. The van der Waals surface area contributed by atoms with E-state index in [2.05, 4.69) is 20.6 Å². The van der Waals surface area contributed by atoms with E-state index in [4.69, 9.17) is 16.3 Å². The second kappa shape index (κ2) is 6.32. The summed E-state index contributed by atoms with van der Waals surface area (Å²) in [4.78, 5) is 33.4. The smallest absolute Gasteiger partial charge is 0.250 e. The molecule has 7 nitrogen and oxygen atoms in total. The average Bonchev–Trinajstić information content (AvgIpc) is 3.14. The maximum atomic E-state index is 13.2. The van der Waals surface area contributed by atoms with Gasteiger partial charge in [0.2, 0.25) is 5.91 Å². The number of fused-ring (bicyclic) bond motifs is 3. The van der Waals surface area contributed by atoms with Gasteiger partial charge in [-0.1, -0.05) is 23.7 Å². The van der Waals surface area contributed by atoms with Gasteiger partial charge in [0.15, 0.2) is 5.78 Å². The maximum Gasteiger partial charge on any atom is 0.250 e. The number of benzene rings is 1. The number of amides is 1. The lowest BCUT2D eigenvalue weighted by Crippen LogP contribution is -2.55. The summed E-state index contributed by atoms with van der Waals surface area (Å²) < 4.78 is 5.43. The summed E-state index contributed by atoms with van der Waals surface area (Å²) >= 11 is 6.23. The summed E-state index contributed by atoms with van der Waals surface area (Å²) in [6.45, 7) is 1.01. The van der Waals surface area contributed by atoms with E-state index in [0.29, 0.717) is 64.6 Å². The fourth-order valence-electron chi connectivity index (χ4n) is 3.90. The van der Waals surface area contributed by atoms with Crippen LogP contribution in [0.3, 0.4) is 0 Å². The van der Waals surface area contributed by atoms with Crippen molar-refractivity contribution < 1.29 is 14.3 Å². The van der Waals surface area contributed by atoms with Crippen LogP contribution in [0, 0.1) is 0 Å². The lowest BCUT2D eigenvalue weighted by atomic mass is 9.86. The molecule has 2 aliphatic heterocycles. The third-order valence-corrected chi connectivity index (χ3v) is 5.79. The van der Waals surface area contributed by atoms with Crippen molar-refractivity contribution in [2.24, 2.45) is 0 Å². The number of nitrogens with zero attached hydrogens (tertiary/aromatic N) is 1. The fourth-order valence-corrected chi connectivity index (χ4v) is 4.12. The number of pyridine rings is 1. The molecule has 142 valence electrons. The number of halogens is 1. The Morgan fingerprint density at radius 3 is 2.75 bits per heavy atom. The molecule has 1 aromatic carbocycles. The number of H-pyrrole nitrogens is 1. The van der Waals surface area contributed by atoms with Gasteiger partial charge in [-0.2, -0.15) is 0 Å². The van der Waals surface area contributed by atoms with Gasteiger partial charge in [0.05, 0.1) is 33.5 Å². The van der Waals surface area contributed by atoms with Gasteiger partial charge in [-0.25, -0.2) is 4.98 Å². The minimum Gasteiger partial charge on any atom is -0.381 e. The van der Waals surface area contributed by atoms with Gasteiger partial charge in [0.25, 0.3) is 0 Å². The van der Waals surface area contributed by atoms with E-state index >= 15 is 0 Å². The monoisotopic (exact) mass is 396 g/mol. The highest BCUT2D eigenvalue weighted by Crippen LogP contribution is 2.41. The van der Waals surface area contributed by atoms with Crippen molar-refractivity contribution in [3.8, 4) is 0 Å². The van der Waals surface area contributed by atoms with Crippen LogP contribution in [-0.2, 0) is 9.53 Å². The quantitative estimate of drug-likeness (QED) is 0.577. The van der Waals surface area contributed by atoms with Crippen LogP contribution in [0.5, 0.6) is 0 Å². The van der Waals surface area contributed by atoms with E-state index in [1.165, 1.54) is 0 Å². The van der Waals surface area contributed by atoms with Crippen LogP contribution in [0.4, 0.5) is 11.4 Å². The van der Waals surface area contributed by atoms with Crippen LogP contribution >= 0.6 is 11.6 Å². The zero-order valence-electron chi connectivity index (χ0n) is 14.8. The summed E-state index contributed by atoms with van der Waals surface area (Å²) in [7, 11) is 0. The first-order valence-electron chi connectivity index (χ1n) is 9.06. The SMILES string of the molecule is O=C(c1ccccc1Cl)c1c[nH]c2ncc3c(c12)NC1(CCOCC1)C(=O)N3. The van der Waals surface area contributed by atoms with Crippen LogP contribution in [0.1, 0.15) is 28.8 Å². The first-order valence-corrected chi connectivity index (χ1v) is 9.43. The molecule has 5 rings (SSSR count). The van der Waals surface area contributed by atoms with Gasteiger partial charge < -0.3 is 20.4 Å². The minimum absolute atomic E-state index is 0.0982. The molecule has 28 heavy (non-hydrogen) atoms. The van der Waals surface area contributed by atoms with Gasteiger partial charge in [0, 0.05) is 37.8 Å². The number of carbonyl (C=O) groups excluding carboxylic acids is 2. The molecule has 3 aromatic rings. The molecule has 1 amide bonds. The molecule has 0 radical (unpaired) electrons. The molecular weight excluding hydrogens is 380 g/mol. The van der Waals surface area contributed by atoms with E-state index in [0.717, 1.165) is 0 Å². The Labute approximate surface area is 165 Å². The topological polar surface area (TPSA) is 96.1 Å². The highest BCUT2D eigenvalue weighted by molar-refractivity contribution is 6.35. The zero-order valence-corrected chi connectivity index (χ0v) is 15.6. The van der Waals surface area contributed by atoms with Crippen LogP contribution < -0.4 is 10.6 Å². The largest absolute Gasteiger partial charge is 0.381 e. The van der Waals surface area contributed by atoms with Crippen molar-refractivity contribution in [2.45, 2.75) is 18.4 Å². The first kappa shape index (κ1) is 17.2. The number of hydrogen-bond donors (Lipinski definition) is 3. The van der Waals surface area contributed by atoms with Crippen LogP contribution in [0.15, 0.2) is 36.7 Å². The number of carbonyl (C=O) groups is 2. The van der Waals surface area contributed by atoms with Crippen molar-refractivity contribution in [2.75, 3.05) is 23.8 Å². The van der Waals surface area contributed by atoms with Gasteiger partial charge in [0.1, 0.15) is 11.2 Å². The molecular formula is C20H17ClN4O3. The van der Waals surface area contributed by atoms with Crippen molar-refractivity contribution in [3.63, 3.8) is 0 Å². The number of anilines is 2. The Balaban J connectivity index is 1.67. The molecule has 0 bridgehead atoms. The minimum atomic E-state index is -0.748. The van der Waals surface area contributed by atoms with E-state index in [1.807, 2.05) is 0 Å². The highest BCUT2D eigenvalue weighted by atomic mass is 35.5. The van der Waals surface area contributed by atoms with E-state index < -0.39 is 5.54 Å². The Hall–Kier alpha value is -2.90. The number of hydrogen-bond acceptors (Lipinski definition) is 5. The zero-order chi connectivity index (χ0) is 19.3. The summed E-state index contributed by atoms with van der Waals surface area (Å²) in [5.41, 5.74) is 1.95. The molecule has 0 unspecified atom stereocenters. The predicted octanol–water partition coefficient (Wildman–Crippen LogP) is 3.36. The molecule has 0 atom stereocenters. The van der Waals surface area contributed by atoms with Crippen molar-refractivity contribution in [3.05, 3.63) is 52.8 Å². The van der Waals surface area contributed by atoms with Crippen LogP contribution in [0.2, 0.25) is 5.02 Å². The number of ketones is 1.